The van der Waals surface area contributed by atoms with Crippen LogP contribution in [0.3, 0.4) is 0 Å². The number of oxazole rings is 1. The topological polar surface area (TPSA) is 69.2 Å². The molecule has 4 rings (SSSR count). The van der Waals surface area contributed by atoms with E-state index >= 15 is 0 Å². The lowest BCUT2D eigenvalue weighted by Gasteiger charge is -2.33. The maximum absolute atomic E-state index is 14.0. The molecule has 1 saturated heterocycles. The fraction of sp³-hybridized carbons (Fsp3) is 0.353. The quantitative estimate of drug-likeness (QED) is 0.684. The number of hydrogen-bond acceptors (Lipinski definition) is 6. The van der Waals surface area contributed by atoms with Crippen molar-refractivity contribution in [2.75, 3.05) is 38.1 Å². The van der Waals surface area contributed by atoms with E-state index in [1.54, 1.807) is 6.92 Å². The van der Waals surface area contributed by atoms with E-state index < -0.39 is 5.82 Å². The molecule has 1 aliphatic heterocycles. The fourth-order valence-corrected chi connectivity index (χ4v) is 3.09. The van der Waals surface area contributed by atoms with Crippen LogP contribution in [0.1, 0.15) is 11.5 Å². The normalized spacial score (nSPS) is 16.0. The first kappa shape index (κ1) is 14.8. The second-order valence-corrected chi connectivity index (χ2v) is 6.10. The number of rotatable bonds is 1. The third-order valence-corrected chi connectivity index (χ3v) is 4.43. The monoisotopic (exact) mass is 325 g/mol. The van der Waals surface area contributed by atoms with E-state index in [9.17, 15) is 4.39 Å². The molecule has 0 spiro atoms. The Balaban J connectivity index is 1.98. The van der Waals surface area contributed by atoms with Crippen molar-refractivity contribution in [2.24, 2.45) is 0 Å². The summed E-state index contributed by atoms with van der Waals surface area (Å²) in [5, 5.41) is 9.68. The molecule has 122 valence electrons. The van der Waals surface area contributed by atoms with Crippen LogP contribution in [0.5, 0.6) is 0 Å². The molecule has 3 aromatic rings. The first-order chi connectivity index (χ1) is 11.6. The van der Waals surface area contributed by atoms with Crippen LogP contribution in [-0.4, -0.2) is 48.1 Å². The van der Waals surface area contributed by atoms with Gasteiger partial charge in [-0.2, -0.15) is 5.26 Å². The van der Waals surface area contributed by atoms with Crippen LogP contribution < -0.4 is 4.90 Å². The summed E-state index contributed by atoms with van der Waals surface area (Å²) in [5.74, 6) is 0.668. The molecule has 7 heteroatoms. The molecule has 1 fully saturated rings. The summed E-state index contributed by atoms with van der Waals surface area (Å²) in [6, 6.07) is 4.64. The average Bonchev–Trinajstić information content (AvgIpc) is 2.96. The number of hydrogen-bond donors (Lipinski definition) is 0. The van der Waals surface area contributed by atoms with Crippen molar-refractivity contribution >= 4 is 27.8 Å². The number of pyridine rings is 1. The van der Waals surface area contributed by atoms with Gasteiger partial charge in [0.2, 0.25) is 0 Å². The summed E-state index contributed by atoms with van der Waals surface area (Å²) in [6.45, 7) is 5.29. The third kappa shape index (κ3) is 2.27. The minimum Gasteiger partial charge on any atom is -0.440 e. The molecule has 6 nitrogen and oxygen atoms in total. The Morgan fingerprint density at radius 1 is 1.21 bits per heavy atom. The van der Waals surface area contributed by atoms with E-state index in [0.717, 1.165) is 26.2 Å². The maximum Gasteiger partial charge on any atom is 0.192 e. The van der Waals surface area contributed by atoms with Gasteiger partial charge in [0, 0.05) is 44.6 Å². The number of piperazine rings is 1. The molecule has 2 aromatic heterocycles. The zero-order valence-corrected chi connectivity index (χ0v) is 13.5. The number of benzene rings is 1. The number of fused-ring (bicyclic) bond motifs is 3. The zero-order chi connectivity index (χ0) is 16.8. The number of nitrogens with zero attached hydrogens (tertiary/aromatic N) is 5. The van der Waals surface area contributed by atoms with E-state index in [4.69, 9.17) is 9.68 Å². The molecule has 0 radical (unpaired) electrons. The van der Waals surface area contributed by atoms with Crippen molar-refractivity contribution in [3.05, 3.63) is 29.4 Å². The second-order valence-electron chi connectivity index (χ2n) is 6.10. The van der Waals surface area contributed by atoms with Crippen LogP contribution in [0.15, 0.2) is 16.5 Å². The van der Waals surface area contributed by atoms with Crippen LogP contribution in [0.25, 0.3) is 22.0 Å². The highest BCUT2D eigenvalue weighted by Gasteiger charge is 2.23. The van der Waals surface area contributed by atoms with E-state index in [1.165, 1.54) is 12.1 Å². The summed E-state index contributed by atoms with van der Waals surface area (Å²) >= 11 is 0. The molecule has 0 N–H and O–H groups in total. The Kier molecular flexibility index (Phi) is 3.36. The van der Waals surface area contributed by atoms with E-state index in [0.29, 0.717) is 33.7 Å². The molecule has 0 unspecified atom stereocenters. The van der Waals surface area contributed by atoms with Gasteiger partial charge in [0.25, 0.3) is 0 Å². The molecule has 0 bridgehead atoms. The minimum atomic E-state index is -0.572. The Bertz CT molecular complexity index is 982. The maximum atomic E-state index is 14.0. The lowest BCUT2D eigenvalue weighted by Crippen LogP contribution is -2.44. The molecule has 1 aromatic carbocycles. The number of aryl methyl sites for hydroxylation is 1. The first-order valence-electron chi connectivity index (χ1n) is 7.81. The van der Waals surface area contributed by atoms with Crippen LogP contribution in [-0.2, 0) is 0 Å². The predicted molar refractivity (Wildman–Crippen MR) is 88.4 cm³/mol. The van der Waals surface area contributed by atoms with Crippen molar-refractivity contribution in [3.8, 4) is 6.07 Å². The minimum absolute atomic E-state index is 0.0213. The number of anilines is 1. The van der Waals surface area contributed by atoms with Crippen LogP contribution in [0.2, 0.25) is 0 Å². The molecular weight excluding hydrogens is 309 g/mol. The number of nitriles is 1. The lowest BCUT2D eigenvalue weighted by molar-refractivity contribution is 0.312. The molecule has 0 saturated carbocycles. The number of halogens is 1. The fourth-order valence-electron chi connectivity index (χ4n) is 3.09. The summed E-state index contributed by atoms with van der Waals surface area (Å²) in [6.07, 6.45) is 0. The van der Waals surface area contributed by atoms with Gasteiger partial charge in [0.05, 0.1) is 11.1 Å². The summed E-state index contributed by atoms with van der Waals surface area (Å²) < 4.78 is 19.8. The predicted octanol–water partition coefficient (Wildman–Crippen LogP) is 2.45. The molecule has 0 atom stereocenters. The smallest absolute Gasteiger partial charge is 0.192 e. The first-order valence-corrected chi connectivity index (χ1v) is 7.81. The molecule has 3 heterocycles. The Hall–Kier alpha value is -2.72. The van der Waals surface area contributed by atoms with Crippen molar-refractivity contribution in [3.63, 3.8) is 0 Å². The molecule has 0 aliphatic carbocycles. The van der Waals surface area contributed by atoms with Crippen LogP contribution >= 0.6 is 0 Å². The Morgan fingerprint density at radius 3 is 2.67 bits per heavy atom. The number of aromatic nitrogens is 2. The van der Waals surface area contributed by atoms with Crippen LogP contribution in [0, 0.1) is 24.1 Å². The molecular formula is C17H16FN5O. The van der Waals surface area contributed by atoms with Crippen molar-refractivity contribution in [2.45, 2.75) is 6.92 Å². The van der Waals surface area contributed by atoms with E-state index in [-0.39, 0.29) is 5.56 Å². The summed E-state index contributed by atoms with van der Waals surface area (Å²) in [5.41, 5.74) is 1.68. The van der Waals surface area contributed by atoms with Gasteiger partial charge in [0.15, 0.2) is 22.8 Å². The highest BCUT2D eigenvalue weighted by atomic mass is 19.1. The zero-order valence-electron chi connectivity index (χ0n) is 13.5. The van der Waals surface area contributed by atoms with Gasteiger partial charge in [-0.3, -0.25) is 0 Å². The van der Waals surface area contributed by atoms with Gasteiger partial charge in [-0.15, -0.1) is 0 Å². The highest BCUT2D eigenvalue weighted by molar-refractivity contribution is 6.05. The van der Waals surface area contributed by atoms with Gasteiger partial charge in [-0.05, 0) is 13.1 Å². The highest BCUT2D eigenvalue weighted by Crippen LogP contribution is 2.33. The van der Waals surface area contributed by atoms with Gasteiger partial charge < -0.3 is 14.2 Å². The average molecular weight is 325 g/mol. The summed E-state index contributed by atoms with van der Waals surface area (Å²) in [4.78, 5) is 13.5. The van der Waals surface area contributed by atoms with Gasteiger partial charge in [0.1, 0.15) is 11.9 Å². The molecule has 0 amide bonds. The third-order valence-electron chi connectivity index (χ3n) is 4.43. The van der Waals surface area contributed by atoms with E-state index in [1.807, 2.05) is 6.07 Å². The van der Waals surface area contributed by atoms with E-state index in [2.05, 4.69) is 26.8 Å². The van der Waals surface area contributed by atoms with Gasteiger partial charge in [-0.25, -0.2) is 14.4 Å². The SMILES string of the molecule is Cc1nc2c(N3CCN(C)CC3)nc3cc(F)c(C#N)cc3c2o1. The van der Waals surface area contributed by atoms with Crippen LogP contribution in [0.4, 0.5) is 10.2 Å². The second kappa shape index (κ2) is 5.42. The van der Waals surface area contributed by atoms with Gasteiger partial charge >= 0.3 is 0 Å². The molecule has 24 heavy (non-hydrogen) atoms. The lowest BCUT2D eigenvalue weighted by atomic mass is 10.1. The van der Waals surface area contributed by atoms with Gasteiger partial charge in [-0.1, -0.05) is 0 Å². The number of likely N-dealkylation sites (N-methyl/N-ethyl adjacent to an activating group) is 1. The van der Waals surface area contributed by atoms with Crippen molar-refractivity contribution in [1.82, 2.24) is 14.9 Å². The Morgan fingerprint density at radius 2 is 1.96 bits per heavy atom. The largest absolute Gasteiger partial charge is 0.440 e. The summed E-state index contributed by atoms with van der Waals surface area (Å²) in [7, 11) is 2.08. The Labute approximate surface area is 138 Å². The van der Waals surface area contributed by atoms with Crippen molar-refractivity contribution < 1.29 is 8.81 Å². The molecule has 1 aliphatic rings. The van der Waals surface area contributed by atoms with Crippen molar-refractivity contribution in [1.29, 1.82) is 5.26 Å². The standard InChI is InChI=1S/C17H16FN5O/c1-10-20-15-16(24-10)12-7-11(9-19)13(18)8-14(12)21-17(15)23-5-3-22(2)4-6-23/h7-8H,3-6H2,1-2H3.